The molecular formula is C22H12BrClO. The van der Waals surface area contributed by atoms with Crippen LogP contribution in [0.3, 0.4) is 0 Å². The number of rotatable bonds is 1. The molecule has 5 rings (SSSR count). The molecule has 0 radical (unpaired) electrons. The maximum atomic E-state index is 6.57. The van der Waals surface area contributed by atoms with Crippen molar-refractivity contribution in [3.05, 3.63) is 82.3 Å². The fraction of sp³-hybridized carbons (Fsp3) is 0. The summed E-state index contributed by atoms with van der Waals surface area (Å²) in [5.41, 5.74) is 3.87. The molecule has 0 atom stereocenters. The molecule has 0 aliphatic rings. The van der Waals surface area contributed by atoms with Gasteiger partial charge in [-0.15, -0.1) is 0 Å². The Labute approximate surface area is 157 Å². The second kappa shape index (κ2) is 5.62. The highest BCUT2D eigenvalue weighted by atomic mass is 79.9. The van der Waals surface area contributed by atoms with Crippen LogP contribution in [-0.2, 0) is 0 Å². The van der Waals surface area contributed by atoms with Crippen LogP contribution in [-0.4, -0.2) is 0 Å². The van der Waals surface area contributed by atoms with Crippen molar-refractivity contribution in [3.8, 4) is 11.1 Å². The first-order chi connectivity index (χ1) is 12.2. The zero-order valence-corrected chi connectivity index (χ0v) is 15.4. The predicted molar refractivity (Wildman–Crippen MR) is 109 cm³/mol. The average molecular weight is 408 g/mol. The Bertz CT molecular complexity index is 1260. The van der Waals surface area contributed by atoms with Gasteiger partial charge in [0.1, 0.15) is 11.2 Å². The first kappa shape index (κ1) is 15.0. The van der Waals surface area contributed by atoms with Gasteiger partial charge >= 0.3 is 0 Å². The van der Waals surface area contributed by atoms with Crippen molar-refractivity contribution in [1.29, 1.82) is 0 Å². The van der Waals surface area contributed by atoms with Gasteiger partial charge in [-0.3, -0.25) is 0 Å². The van der Waals surface area contributed by atoms with E-state index in [0.29, 0.717) is 5.02 Å². The summed E-state index contributed by atoms with van der Waals surface area (Å²) in [6.45, 7) is 0. The normalized spacial score (nSPS) is 11.6. The van der Waals surface area contributed by atoms with Crippen LogP contribution in [0.4, 0.5) is 0 Å². The van der Waals surface area contributed by atoms with E-state index in [-0.39, 0.29) is 0 Å². The lowest BCUT2D eigenvalue weighted by atomic mass is 10.0. The Morgan fingerprint density at radius 1 is 0.720 bits per heavy atom. The van der Waals surface area contributed by atoms with E-state index in [1.165, 1.54) is 0 Å². The summed E-state index contributed by atoms with van der Waals surface area (Å²) in [7, 11) is 0. The molecule has 1 aromatic heterocycles. The standard InChI is InChI=1S/C22H12BrClO/c23-18-12-17-20-19(24)11-10-14(13-6-2-1-3-7-13)22(20)25-21(17)16-9-5-4-8-15(16)18/h1-12H. The molecular weight excluding hydrogens is 396 g/mol. The zero-order valence-electron chi connectivity index (χ0n) is 13.1. The summed E-state index contributed by atoms with van der Waals surface area (Å²) in [6.07, 6.45) is 0. The Hall–Kier alpha value is -2.29. The summed E-state index contributed by atoms with van der Waals surface area (Å²) < 4.78 is 7.42. The molecule has 4 aromatic carbocycles. The van der Waals surface area contributed by atoms with Gasteiger partial charge in [-0.25, -0.2) is 0 Å². The van der Waals surface area contributed by atoms with Crippen molar-refractivity contribution in [3.63, 3.8) is 0 Å². The summed E-state index contributed by atoms with van der Waals surface area (Å²) in [5, 5.41) is 4.91. The van der Waals surface area contributed by atoms with Crippen LogP contribution < -0.4 is 0 Å². The van der Waals surface area contributed by atoms with Gasteiger partial charge in [0.05, 0.1) is 5.02 Å². The van der Waals surface area contributed by atoms with E-state index in [9.17, 15) is 0 Å². The first-order valence-electron chi connectivity index (χ1n) is 8.01. The van der Waals surface area contributed by atoms with E-state index in [1.807, 2.05) is 42.5 Å². The molecule has 0 spiro atoms. The smallest absolute Gasteiger partial charge is 0.144 e. The van der Waals surface area contributed by atoms with Gasteiger partial charge in [0.15, 0.2) is 0 Å². The molecule has 120 valence electrons. The fourth-order valence-corrected chi connectivity index (χ4v) is 4.29. The molecule has 0 amide bonds. The molecule has 0 N–H and O–H groups in total. The molecule has 0 aliphatic heterocycles. The molecule has 3 heteroatoms. The van der Waals surface area contributed by atoms with E-state index < -0.39 is 0 Å². The molecule has 0 unspecified atom stereocenters. The third kappa shape index (κ3) is 2.21. The van der Waals surface area contributed by atoms with E-state index in [0.717, 1.165) is 48.3 Å². The number of furan rings is 1. The zero-order chi connectivity index (χ0) is 17.0. The highest BCUT2D eigenvalue weighted by molar-refractivity contribution is 9.10. The molecule has 0 bridgehead atoms. The van der Waals surface area contributed by atoms with Crippen LogP contribution in [0.15, 0.2) is 81.7 Å². The second-order valence-corrected chi connectivity index (χ2v) is 7.31. The van der Waals surface area contributed by atoms with Crippen LogP contribution >= 0.6 is 27.5 Å². The minimum atomic E-state index is 0.704. The van der Waals surface area contributed by atoms with Crippen LogP contribution in [0.1, 0.15) is 0 Å². The van der Waals surface area contributed by atoms with Crippen LogP contribution in [0.5, 0.6) is 0 Å². The number of benzene rings is 4. The lowest BCUT2D eigenvalue weighted by Crippen LogP contribution is -1.79. The van der Waals surface area contributed by atoms with Gasteiger partial charge in [0.25, 0.3) is 0 Å². The van der Waals surface area contributed by atoms with Crippen molar-refractivity contribution < 1.29 is 4.42 Å². The lowest BCUT2D eigenvalue weighted by Gasteiger charge is -2.03. The number of hydrogen-bond acceptors (Lipinski definition) is 1. The largest absolute Gasteiger partial charge is 0.455 e. The van der Waals surface area contributed by atoms with Gasteiger partial charge < -0.3 is 4.42 Å². The topological polar surface area (TPSA) is 13.1 Å². The minimum absolute atomic E-state index is 0.704. The third-order valence-corrected chi connectivity index (χ3v) is 5.58. The average Bonchev–Trinajstić information content (AvgIpc) is 3.03. The Morgan fingerprint density at radius 3 is 2.24 bits per heavy atom. The maximum Gasteiger partial charge on any atom is 0.144 e. The summed E-state index contributed by atoms with van der Waals surface area (Å²) in [5.74, 6) is 0. The van der Waals surface area contributed by atoms with Gasteiger partial charge in [0.2, 0.25) is 0 Å². The molecule has 0 fully saturated rings. The minimum Gasteiger partial charge on any atom is -0.455 e. The monoisotopic (exact) mass is 406 g/mol. The highest BCUT2D eigenvalue weighted by Crippen LogP contribution is 2.43. The van der Waals surface area contributed by atoms with Crippen LogP contribution in [0.25, 0.3) is 43.8 Å². The predicted octanol–water partition coefficient (Wildman–Crippen LogP) is 7.82. The summed E-state index contributed by atoms with van der Waals surface area (Å²) >= 11 is 10.3. The van der Waals surface area contributed by atoms with Crippen LogP contribution in [0.2, 0.25) is 5.02 Å². The van der Waals surface area contributed by atoms with Crippen molar-refractivity contribution in [2.45, 2.75) is 0 Å². The molecule has 5 aromatic rings. The van der Waals surface area contributed by atoms with E-state index >= 15 is 0 Å². The molecule has 0 saturated heterocycles. The van der Waals surface area contributed by atoms with Crippen LogP contribution in [0, 0.1) is 0 Å². The highest BCUT2D eigenvalue weighted by Gasteiger charge is 2.18. The molecule has 0 saturated carbocycles. The van der Waals surface area contributed by atoms with E-state index in [4.69, 9.17) is 16.0 Å². The molecule has 1 heterocycles. The van der Waals surface area contributed by atoms with Gasteiger partial charge in [-0.2, -0.15) is 0 Å². The number of halogens is 2. The van der Waals surface area contributed by atoms with Gasteiger partial charge in [0, 0.05) is 26.2 Å². The van der Waals surface area contributed by atoms with Crippen molar-refractivity contribution >= 4 is 60.2 Å². The second-order valence-electron chi connectivity index (χ2n) is 6.05. The number of fused-ring (bicyclic) bond motifs is 5. The Morgan fingerprint density at radius 2 is 1.44 bits per heavy atom. The lowest BCUT2D eigenvalue weighted by molar-refractivity contribution is 0.674. The van der Waals surface area contributed by atoms with Gasteiger partial charge in [-0.1, -0.05) is 82.1 Å². The molecule has 1 nitrogen and oxygen atoms in total. The van der Waals surface area contributed by atoms with E-state index in [1.54, 1.807) is 0 Å². The SMILES string of the molecule is Clc1ccc(-c2ccccc2)c2oc3c4ccccc4c(Br)cc3c12. The quantitative estimate of drug-likeness (QED) is 0.276. The third-order valence-electron chi connectivity index (χ3n) is 4.61. The maximum absolute atomic E-state index is 6.57. The number of hydrogen-bond donors (Lipinski definition) is 0. The van der Waals surface area contributed by atoms with Crippen molar-refractivity contribution in [2.24, 2.45) is 0 Å². The summed E-state index contributed by atoms with van der Waals surface area (Å²) in [6, 6.07) is 24.6. The first-order valence-corrected chi connectivity index (χ1v) is 9.18. The van der Waals surface area contributed by atoms with Crippen molar-refractivity contribution in [1.82, 2.24) is 0 Å². The fourth-order valence-electron chi connectivity index (χ4n) is 3.46. The Kier molecular flexibility index (Phi) is 3.37. The van der Waals surface area contributed by atoms with E-state index in [2.05, 4.69) is 46.3 Å². The summed E-state index contributed by atoms with van der Waals surface area (Å²) in [4.78, 5) is 0. The Balaban J connectivity index is 2.00. The van der Waals surface area contributed by atoms with Gasteiger partial charge in [-0.05, 0) is 29.1 Å². The van der Waals surface area contributed by atoms with Crippen molar-refractivity contribution in [2.75, 3.05) is 0 Å². The molecule has 0 aliphatic carbocycles. The molecule has 25 heavy (non-hydrogen) atoms.